The maximum Gasteiger partial charge on any atom is 0.131 e. The highest BCUT2D eigenvalue weighted by Crippen LogP contribution is 2.13. The van der Waals surface area contributed by atoms with Crippen LogP contribution >= 0.6 is 12.4 Å². The van der Waals surface area contributed by atoms with Crippen LogP contribution in [0.25, 0.3) is 0 Å². The average Bonchev–Trinajstić information content (AvgIpc) is 2.31. The van der Waals surface area contributed by atoms with E-state index in [1.54, 1.807) is 0 Å². The quantitative estimate of drug-likeness (QED) is 0.640. The van der Waals surface area contributed by atoms with E-state index in [1.165, 1.54) is 0 Å². The lowest BCUT2D eigenvalue weighted by molar-refractivity contribution is 1.39. The van der Waals surface area contributed by atoms with Crippen molar-refractivity contribution in [2.45, 2.75) is 6.92 Å². The summed E-state index contributed by atoms with van der Waals surface area (Å²) in [5, 5.41) is 0. The molecular weight excluding hydrogens is 232 g/mol. The van der Waals surface area contributed by atoms with Crippen LogP contribution in [-0.2, 0) is 0 Å². The maximum absolute atomic E-state index is 5.98. The van der Waals surface area contributed by atoms with Gasteiger partial charge in [0, 0.05) is 5.56 Å². The number of nitrogens with two attached hydrogens (primary N) is 1. The van der Waals surface area contributed by atoms with Crippen molar-refractivity contribution in [3.05, 3.63) is 65.7 Å². The van der Waals surface area contributed by atoms with Crippen molar-refractivity contribution >= 4 is 23.9 Å². The molecule has 0 aliphatic heterocycles. The molecule has 0 bridgehead atoms. The molecule has 3 heteroatoms. The van der Waals surface area contributed by atoms with E-state index < -0.39 is 0 Å². The molecule has 0 saturated heterocycles. The van der Waals surface area contributed by atoms with Crippen molar-refractivity contribution < 1.29 is 0 Å². The van der Waals surface area contributed by atoms with E-state index in [0.29, 0.717) is 5.84 Å². The Morgan fingerprint density at radius 2 is 1.53 bits per heavy atom. The third-order valence-electron chi connectivity index (χ3n) is 2.43. The van der Waals surface area contributed by atoms with Crippen molar-refractivity contribution in [3.8, 4) is 0 Å². The van der Waals surface area contributed by atoms with Gasteiger partial charge >= 0.3 is 0 Å². The summed E-state index contributed by atoms with van der Waals surface area (Å²) < 4.78 is 0. The van der Waals surface area contributed by atoms with Crippen LogP contribution in [0.1, 0.15) is 11.1 Å². The summed E-state index contributed by atoms with van der Waals surface area (Å²) >= 11 is 0. The molecular formula is C14H15ClN2. The molecule has 2 aromatic carbocycles. The van der Waals surface area contributed by atoms with E-state index in [0.717, 1.165) is 16.8 Å². The topological polar surface area (TPSA) is 38.4 Å². The van der Waals surface area contributed by atoms with Crippen LogP contribution in [-0.4, -0.2) is 5.84 Å². The molecule has 17 heavy (non-hydrogen) atoms. The SMILES string of the molecule is Cc1ccccc1C(N)=Nc1ccccc1.Cl. The molecule has 0 aliphatic carbocycles. The summed E-state index contributed by atoms with van der Waals surface area (Å²) in [6.45, 7) is 2.03. The molecule has 0 aliphatic rings. The molecule has 0 atom stereocenters. The number of para-hydroxylation sites is 1. The Balaban J connectivity index is 0.00000144. The molecule has 2 nitrogen and oxygen atoms in total. The fourth-order valence-corrected chi connectivity index (χ4v) is 1.56. The standard InChI is InChI=1S/C14H14N2.ClH/c1-11-7-5-6-10-13(11)14(15)16-12-8-3-2-4-9-12;/h2-10H,1H3,(H2,15,16);1H. The minimum absolute atomic E-state index is 0. The maximum atomic E-state index is 5.98. The molecule has 2 aromatic rings. The Kier molecular flexibility index (Phi) is 4.73. The van der Waals surface area contributed by atoms with E-state index in [9.17, 15) is 0 Å². The van der Waals surface area contributed by atoms with Crippen LogP contribution in [0.3, 0.4) is 0 Å². The van der Waals surface area contributed by atoms with Crippen LogP contribution < -0.4 is 5.73 Å². The molecule has 0 aromatic heterocycles. The lowest BCUT2D eigenvalue weighted by Crippen LogP contribution is -2.14. The van der Waals surface area contributed by atoms with Gasteiger partial charge in [0.15, 0.2) is 0 Å². The highest BCUT2D eigenvalue weighted by molar-refractivity contribution is 6.00. The Morgan fingerprint density at radius 1 is 0.941 bits per heavy atom. The minimum atomic E-state index is 0. The molecule has 0 saturated carbocycles. The molecule has 0 heterocycles. The fraction of sp³-hybridized carbons (Fsp3) is 0.0714. The van der Waals surface area contributed by atoms with Crippen molar-refractivity contribution in [1.82, 2.24) is 0 Å². The molecule has 0 fully saturated rings. The predicted molar refractivity (Wildman–Crippen MR) is 75.3 cm³/mol. The van der Waals surface area contributed by atoms with E-state index in [1.807, 2.05) is 61.5 Å². The molecule has 2 rings (SSSR count). The van der Waals surface area contributed by atoms with Gasteiger partial charge in [-0.1, -0.05) is 42.5 Å². The van der Waals surface area contributed by atoms with Crippen LogP contribution in [0.15, 0.2) is 59.6 Å². The summed E-state index contributed by atoms with van der Waals surface area (Å²) in [4.78, 5) is 4.38. The second-order valence-corrected chi connectivity index (χ2v) is 3.65. The number of halogens is 1. The zero-order chi connectivity index (χ0) is 11.4. The second-order valence-electron chi connectivity index (χ2n) is 3.65. The summed E-state index contributed by atoms with van der Waals surface area (Å²) in [5.41, 5.74) is 8.99. The average molecular weight is 247 g/mol. The van der Waals surface area contributed by atoms with E-state index in [4.69, 9.17) is 5.73 Å². The smallest absolute Gasteiger partial charge is 0.131 e. The Labute approximate surface area is 108 Å². The predicted octanol–water partition coefficient (Wildman–Crippen LogP) is 3.45. The highest BCUT2D eigenvalue weighted by atomic mass is 35.5. The monoisotopic (exact) mass is 246 g/mol. The van der Waals surface area contributed by atoms with Crippen LogP contribution in [0.4, 0.5) is 5.69 Å². The summed E-state index contributed by atoms with van der Waals surface area (Å²) in [7, 11) is 0. The number of hydrogen-bond acceptors (Lipinski definition) is 1. The number of benzene rings is 2. The fourth-order valence-electron chi connectivity index (χ4n) is 1.56. The minimum Gasteiger partial charge on any atom is -0.383 e. The molecule has 0 unspecified atom stereocenters. The largest absolute Gasteiger partial charge is 0.383 e. The van der Waals surface area contributed by atoms with Gasteiger partial charge in [-0.3, -0.25) is 0 Å². The van der Waals surface area contributed by atoms with Crippen LogP contribution in [0.5, 0.6) is 0 Å². The zero-order valence-corrected chi connectivity index (χ0v) is 10.4. The second kappa shape index (κ2) is 6.06. The third kappa shape index (κ3) is 3.33. The number of aryl methyl sites for hydroxylation is 1. The summed E-state index contributed by atoms with van der Waals surface area (Å²) in [5.74, 6) is 0.560. The first-order valence-electron chi connectivity index (χ1n) is 5.22. The first-order chi connectivity index (χ1) is 7.77. The van der Waals surface area contributed by atoms with Gasteiger partial charge in [0.05, 0.1) is 5.69 Å². The first kappa shape index (κ1) is 13.3. The third-order valence-corrected chi connectivity index (χ3v) is 2.43. The van der Waals surface area contributed by atoms with Gasteiger partial charge in [0.2, 0.25) is 0 Å². The van der Waals surface area contributed by atoms with Gasteiger partial charge in [-0.25, -0.2) is 4.99 Å². The van der Waals surface area contributed by atoms with Gasteiger partial charge in [0.1, 0.15) is 5.84 Å². The molecule has 0 spiro atoms. The van der Waals surface area contributed by atoms with E-state index in [-0.39, 0.29) is 12.4 Å². The van der Waals surface area contributed by atoms with Crippen LogP contribution in [0.2, 0.25) is 0 Å². The lowest BCUT2D eigenvalue weighted by Gasteiger charge is -2.04. The summed E-state index contributed by atoms with van der Waals surface area (Å²) in [6, 6.07) is 17.7. The summed E-state index contributed by atoms with van der Waals surface area (Å²) in [6.07, 6.45) is 0. The number of nitrogens with zero attached hydrogens (tertiary/aromatic N) is 1. The van der Waals surface area contributed by atoms with Crippen molar-refractivity contribution in [3.63, 3.8) is 0 Å². The normalized spacial score (nSPS) is 10.8. The van der Waals surface area contributed by atoms with E-state index in [2.05, 4.69) is 4.99 Å². The molecule has 2 N–H and O–H groups in total. The first-order valence-corrected chi connectivity index (χ1v) is 5.22. The number of hydrogen-bond donors (Lipinski definition) is 1. The number of amidine groups is 1. The Hall–Kier alpha value is -1.80. The van der Waals surface area contributed by atoms with Gasteiger partial charge in [0.25, 0.3) is 0 Å². The molecule has 88 valence electrons. The van der Waals surface area contributed by atoms with Crippen molar-refractivity contribution in [2.75, 3.05) is 0 Å². The lowest BCUT2D eigenvalue weighted by atomic mass is 10.1. The van der Waals surface area contributed by atoms with Gasteiger partial charge in [-0.05, 0) is 24.6 Å². The number of rotatable bonds is 2. The van der Waals surface area contributed by atoms with E-state index >= 15 is 0 Å². The highest BCUT2D eigenvalue weighted by Gasteiger charge is 2.01. The van der Waals surface area contributed by atoms with Gasteiger partial charge in [-0.2, -0.15) is 0 Å². The Bertz CT molecular complexity index is 507. The number of aliphatic imine (C=N–C) groups is 1. The van der Waals surface area contributed by atoms with Crippen LogP contribution in [0, 0.1) is 6.92 Å². The molecule has 0 radical (unpaired) electrons. The van der Waals surface area contributed by atoms with Gasteiger partial charge in [-0.15, -0.1) is 12.4 Å². The van der Waals surface area contributed by atoms with Gasteiger partial charge < -0.3 is 5.73 Å². The Morgan fingerprint density at radius 3 is 2.18 bits per heavy atom. The van der Waals surface area contributed by atoms with Crippen molar-refractivity contribution in [1.29, 1.82) is 0 Å². The zero-order valence-electron chi connectivity index (χ0n) is 9.63. The van der Waals surface area contributed by atoms with Crippen molar-refractivity contribution in [2.24, 2.45) is 10.7 Å². The molecule has 0 amide bonds.